The lowest BCUT2D eigenvalue weighted by Crippen LogP contribution is -2.22. The highest BCUT2D eigenvalue weighted by atomic mass is 16.5. The summed E-state index contributed by atoms with van der Waals surface area (Å²) >= 11 is 0. The molecular weight excluding hydrogens is 288 g/mol. The van der Waals surface area contributed by atoms with Gasteiger partial charge in [-0.1, -0.05) is 42.5 Å². The number of rotatable bonds is 8. The monoisotopic (exact) mass is 312 g/mol. The van der Waals surface area contributed by atoms with Crippen LogP contribution in [0.1, 0.15) is 17.0 Å². The summed E-state index contributed by atoms with van der Waals surface area (Å²) in [5.74, 6) is 0.562. The molecule has 1 unspecified atom stereocenters. The van der Waals surface area contributed by atoms with Crippen molar-refractivity contribution in [2.24, 2.45) is 5.73 Å². The molecule has 4 heteroatoms. The average molecular weight is 312 g/mol. The van der Waals surface area contributed by atoms with E-state index in [2.05, 4.69) is 49.3 Å². The Morgan fingerprint density at radius 1 is 1.13 bits per heavy atom. The zero-order valence-electron chi connectivity index (χ0n) is 13.7. The van der Waals surface area contributed by atoms with Gasteiger partial charge in [0.2, 0.25) is 0 Å². The third kappa shape index (κ3) is 5.75. The largest absolute Gasteiger partial charge is 0.484 e. The first-order chi connectivity index (χ1) is 11.0. The summed E-state index contributed by atoms with van der Waals surface area (Å²) < 4.78 is 5.43. The first-order valence-corrected chi connectivity index (χ1v) is 7.74. The van der Waals surface area contributed by atoms with Crippen LogP contribution >= 0.6 is 0 Å². The summed E-state index contributed by atoms with van der Waals surface area (Å²) in [5.41, 5.74) is 7.64. The number of hydrogen-bond donors (Lipinski definition) is 1. The predicted octanol–water partition coefficient (Wildman–Crippen LogP) is 2.44. The van der Waals surface area contributed by atoms with Gasteiger partial charge in [0.05, 0.1) is 0 Å². The van der Waals surface area contributed by atoms with Crippen LogP contribution in [-0.2, 0) is 11.2 Å². The summed E-state index contributed by atoms with van der Waals surface area (Å²) in [4.78, 5) is 13.1. The number of hydrogen-bond acceptors (Lipinski definition) is 3. The SMILES string of the molecule is CN(C)CC(Cc1ccccc1)c1cccc(OCC(N)=O)c1. The second-order valence-electron chi connectivity index (χ2n) is 5.98. The van der Waals surface area contributed by atoms with Crippen LogP contribution in [0.3, 0.4) is 0 Å². The third-order valence-corrected chi connectivity index (χ3v) is 3.62. The van der Waals surface area contributed by atoms with Gasteiger partial charge in [-0.15, -0.1) is 0 Å². The molecule has 1 amide bonds. The Morgan fingerprint density at radius 2 is 1.87 bits per heavy atom. The summed E-state index contributed by atoms with van der Waals surface area (Å²) in [6.45, 7) is 0.842. The van der Waals surface area contributed by atoms with Gasteiger partial charge < -0.3 is 15.4 Å². The molecule has 0 radical (unpaired) electrons. The van der Waals surface area contributed by atoms with Crippen molar-refractivity contribution in [2.45, 2.75) is 12.3 Å². The van der Waals surface area contributed by atoms with E-state index in [4.69, 9.17) is 10.5 Å². The lowest BCUT2D eigenvalue weighted by molar-refractivity contribution is -0.119. The van der Waals surface area contributed by atoms with Gasteiger partial charge in [0.1, 0.15) is 5.75 Å². The van der Waals surface area contributed by atoms with E-state index in [1.165, 1.54) is 11.1 Å². The van der Waals surface area contributed by atoms with Gasteiger partial charge in [0.15, 0.2) is 6.61 Å². The topological polar surface area (TPSA) is 55.6 Å². The van der Waals surface area contributed by atoms with E-state index in [0.29, 0.717) is 11.7 Å². The Hall–Kier alpha value is -2.33. The molecule has 122 valence electrons. The molecule has 0 fully saturated rings. The van der Waals surface area contributed by atoms with Crippen molar-refractivity contribution in [3.63, 3.8) is 0 Å². The van der Waals surface area contributed by atoms with Gasteiger partial charge in [-0.2, -0.15) is 0 Å². The normalized spacial score (nSPS) is 12.1. The molecule has 2 N–H and O–H groups in total. The minimum atomic E-state index is -0.468. The Balaban J connectivity index is 2.17. The van der Waals surface area contributed by atoms with Gasteiger partial charge in [0, 0.05) is 12.5 Å². The molecule has 0 saturated heterocycles. The van der Waals surface area contributed by atoms with E-state index < -0.39 is 5.91 Å². The minimum absolute atomic E-state index is 0.0967. The van der Waals surface area contributed by atoms with E-state index in [9.17, 15) is 4.79 Å². The quantitative estimate of drug-likeness (QED) is 0.814. The number of primary amides is 1. The van der Waals surface area contributed by atoms with E-state index in [1.807, 2.05) is 24.3 Å². The standard InChI is InChI=1S/C19H24N2O2/c1-21(2)13-17(11-15-7-4-3-5-8-15)16-9-6-10-18(12-16)23-14-19(20)22/h3-10,12,17H,11,13-14H2,1-2H3,(H2,20,22). The number of nitrogens with two attached hydrogens (primary N) is 1. The van der Waals surface area contributed by atoms with Gasteiger partial charge >= 0.3 is 0 Å². The molecule has 0 aliphatic carbocycles. The highest BCUT2D eigenvalue weighted by molar-refractivity contribution is 5.75. The van der Waals surface area contributed by atoms with E-state index >= 15 is 0 Å². The van der Waals surface area contributed by atoms with Crippen molar-refractivity contribution >= 4 is 5.91 Å². The van der Waals surface area contributed by atoms with E-state index in [-0.39, 0.29) is 6.61 Å². The van der Waals surface area contributed by atoms with Gasteiger partial charge in [0.25, 0.3) is 5.91 Å². The molecule has 23 heavy (non-hydrogen) atoms. The zero-order chi connectivity index (χ0) is 16.7. The zero-order valence-corrected chi connectivity index (χ0v) is 13.7. The molecule has 2 aromatic carbocycles. The fourth-order valence-corrected chi connectivity index (χ4v) is 2.64. The molecule has 0 bridgehead atoms. The Labute approximate surface area is 137 Å². The van der Waals surface area contributed by atoms with E-state index in [1.54, 1.807) is 0 Å². The third-order valence-electron chi connectivity index (χ3n) is 3.62. The molecule has 0 aliphatic rings. The molecular formula is C19H24N2O2. The summed E-state index contributed by atoms with van der Waals surface area (Å²) in [6.07, 6.45) is 0.957. The Kier molecular flexibility index (Phi) is 6.18. The van der Waals surface area contributed by atoms with Crippen molar-refractivity contribution in [3.05, 3.63) is 65.7 Å². The molecule has 2 aromatic rings. The van der Waals surface area contributed by atoms with Crippen LogP contribution in [0, 0.1) is 0 Å². The van der Waals surface area contributed by atoms with Crippen LogP contribution < -0.4 is 10.5 Å². The fourth-order valence-electron chi connectivity index (χ4n) is 2.64. The number of carbonyl (C=O) groups excluding carboxylic acids is 1. The smallest absolute Gasteiger partial charge is 0.255 e. The molecule has 0 spiro atoms. The highest BCUT2D eigenvalue weighted by Gasteiger charge is 2.14. The van der Waals surface area contributed by atoms with Crippen LogP contribution in [0.2, 0.25) is 0 Å². The first kappa shape index (κ1) is 17.0. The second kappa shape index (κ2) is 8.34. The van der Waals surface area contributed by atoms with Crippen molar-refractivity contribution in [3.8, 4) is 5.75 Å². The van der Waals surface area contributed by atoms with Crippen molar-refractivity contribution in [1.29, 1.82) is 0 Å². The number of likely N-dealkylation sites (N-methyl/N-ethyl adjacent to an activating group) is 1. The summed E-state index contributed by atoms with van der Waals surface area (Å²) in [6, 6.07) is 18.4. The number of amides is 1. The van der Waals surface area contributed by atoms with Crippen molar-refractivity contribution in [2.75, 3.05) is 27.2 Å². The highest BCUT2D eigenvalue weighted by Crippen LogP contribution is 2.25. The fraction of sp³-hybridized carbons (Fsp3) is 0.316. The maximum absolute atomic E-state index is 10.9. The van der Waals surface area contributed by atoms with Crippen LogP contribution in [-0.4, -0.2) is 38.1 Å². The Morgan fingerprint density at radius 3 is 2.52 bits per heavy atom. The predicted molar refractivity (Wildman–Crippen MR) is 92.6 cm³/mol. The molecule has 4 nitrogen and oxygen atoms in total. The molecule has 0 saturated carbocycles. The molecule has 1 atom stereocenters. The molecule has 0 aliphatic heterocycles. The lowest BCUT2D eigenvalue weighted by Gasteiger charge is -2.22. The molecule has 2 rings (SSSR count). The maximum atomic E-state index is 10.9. The van der Waals surface area contributed by atoms with Crippen LogP contribution in [0.5, 0.6) is 5.75 Å². The second-order valence-corrected chi connectivity index (χ2v) is 5.98. The number of ether oxygens (including phenoxy) is 1. The number of benzene rings is 2. The van der Waals surface area contributed by atoms with Gasteiger partial charge in [-0.05, 0) is 43.8 Å². The molecule has 0 aromatic heterocycles. The van der Waals surface area contributed by atoms with Crippen LogP contribution in [0.4, 0.5) is 0 Å². The lowest BCUT2D eigenvalue weighted by atomic mass is 9.91. The molecule has 0 heterocycles. The first-order valence-electron chi connectivity index (χ1n) is 7.74. The van der Waals surface area contributed by atoms with E-state index in [0.717, 1.165) is 13.0 Å². The van der Waals surface area contributed by atoms with Crippen molar-refractivity contribution < 1.29 is 9.53 Å². The summed E-state index contributed by atoms with van der Waals surface area (Å²) in [5, 5.41) is 0. The summed E-state index contributed by atoms with van der Waals surface area (Å²) in [7, 11) is 4.15. The van der Waals surface area contributed by atoms with Gasteiger partial charge in [-0.25, -0.2) is 0 Å². The van der Waals surface area contributed by atoms with Crippen molar-refractivity contribution in [1.82, 2.24) is 4.90 Å². The Bertz CT molecular complexity index is 626. The van der Waals surface area contributed by atoms with Crippen LogP contribution in [0.25, 0.3) is 0 Å². The number of nitrogens with zero attached hydrogens (tertiary/aromatic N) is 1. The van der Waals surface area contributed by atoms with Gasteiger partial charge in [-0.3, -0.25) is 4.79 Å². The average Bonchev–Trinajstić information content (AvgIpc) is 2.53. The maximum Gasteiger partial charge on any atom is 0.255 e. The minimum Gasteiger partial charge on any atom is -0.484 e. The van der Waals surface area contributed by atoms with Crippen LogP contribution in [0.15, 0.2) is 54.6 Å². The number of carbonyl (C=O) groups is 1.